The summed E-state index contributed by atoms with van der Waals surface area (Å²) in [5, 5.41) is 10.1. The van der Waals surface area contributed by atoms with Crippen molar-refractivity contribution in [3.8, 4) is 21.7 Å². The maximum atomic E-state index is 15.7. The molecule has 0 aliphatic rings. The van der Waals surface area contributed by atoms with Crippen LogP contribution in [0, 0.1) is 39.7 Å². The number of fused-ring (bicyclic) bond motifs is 2. The minimum Gasteiger partial charge on any atom is -0.512 e. The van der Waals surface area contributed by atoms with E-state index in [1.807, 2.05) is 84.0 Å². The van der Waals surface area contributed by atoms with Crippen molar-refractivity contribution in [1.82, 2.24) is 4.98 Å². The molecule has 0 saturated carbocycles. The first-order valence-corrected chi connectivity index (χ1v) is 18.1. The van der Waals surface area contributed by atoms with Gasteiger partial charge in [-0.25, -0.2) is 4.39 Å². The molecule has 5 rings (SSSR count). The normalized spacial score (nSPS) is 13.2. The summed E-state index contributed by atoms with van der Waals surface area (Å²) in [6.45, 7) is 16.5. The number of halogens is 10. The summed E-state index contributed by atoms with van der Waals surface area (Å²) in [5.41, 5.74) is -2.75. The molecule has 3 nitrogen and oxygen atoms in total. The van der Waals surface area contributed by atoms with Crippen molar-refractivity contribution in [3.63, 3.8) is 0 Å². The number of thiophene rings is 1. The van der Waals surface area contributed by atoms with Crippen molar-refractivity contribution in [3.05, 3.63) is 99.9 Å². The molecule has 15 heteroatoms. The van der Waals surface area contributed by atoms with Crippen LogP contribution in [-0.4, -0.2) is 34.4 Å². The van der Waals surface area contributed by atoms with Gasteiger partial charge in [0.25, 0.3) is 5.78 Å². The van der Waals surface area contributed by atoms with Crippen LogP contribution in [0.4, 0.5) is 43.9 Å². The number of aliphatic hydroxyl groups is 1. The van der Waals surface area contributed by atoms with E-state index >= 15 is 4.39 Å². The molecule has 3 aromatic carbocycles. The number of aromatic nitrogens is 1. The third-order valence-electron chi connectivity index (χ3n) is 9.04. The maximum absolute atomic E-state index is 15.7. The molecule has 0 amide bonds. The quantitative estimate of drug-likeness (QED) is 0.0798. The van der Waals surface area contributed by atoms with Crippen LogP contribution >= 0.6 is 11.3 Å². The van der Waals surface area contributed by atoms with E-state index in [9.17, 15) is 44.3 Å². The number of carbonyl (C=O) groups excluding carboxylic acids is 1. The Morgan fingerprint density at radius 2 is 1.40 bits per heavy atom. The summed E-state index contributed by atoms with van der Waals surface area (Å²) in [6, 6.07) is 16.3. The minimum absolute atomic E-state index is 0. The van der Waals surface area contributed by atoms with E-state index in [0.717, 1.165) is 39.0 Å². The van der Waals surface area contributed by atoms with Crippen LogP contribution in [0.15, 0.2) is 60.5 Å². The number of aryl methyl sites for hydroxylation is 4. The first kappa shape index (κ1) is 47.6. The summed E-state index contributed by atoms with van der Waals surface area (Å²) in [5.74, 6) is -2.54. The fourth-order valence-electron chi connectivity index (χ4n) is 6.64. The average Bonchev–Trinajstić information content (AvgIpc) is 3.37. The molecule has 0 aliphatic carbocycles. The zero-order valence-electron chi connectivity index (χ0n) is 32.3. The van der Waals surface area contributed by atoms with Crippen molar-refractivity contribution in [1.29, 1.82) is 0 Å². The van der Waals surface area contributed by atoms with Crippen LogP contribution in [0.1, 0.15) is 74.4 Å². The molecule has 1 N–H and O–H groups in total. The number of alkyl halides is 10. The van der Waals surface area contributed by atoms with Crippen molar-refractivity contribution < 1.29 is 73.9 Å². The molecule has 0 unspecified atom stereocenters. The van der Waals surface area contributed by atoms with Gasteiger partial charge in [-0.05, 0) is 66.7 Å². The van der Waals surface area contributed by atoms with Gasteiger partial charge < -0.3 is 5.11 Å². The number of benzene rings is 3. The number of rotatable bonds is 6. The average molecular weight is 1010 g/mol. The third kappa shape index (κ3) is 9.74. The summed E-state index contributed by atoms with van der Waals surface area (Å²) in [4.78, 5) is 14.9. The van der Waals surface area contributed by atoms with Gasteiger partial charge in [-0.1, -0.05) is 81.5 Å². The molecule has 0 atom stereocenters. The van der Waals surface area contributed by atoms with E-state index in [0.29, 0.717) is 27.6 Å². The van der Waals surface area contributed by atoms with Crippen LogP contribution in [-0.2, 0) is 36.0 Å². The largest absolute Gasteiger partial charge is 0.512 e. The third-order valence-corrected chi connectivity index (χ3v) is 10.4. The first-order valence-electron chi connectivity index (χ1n) is 17.3. The summed E-state index contributed by atoms with van der Waals surface area (Å²) in [7, 11) is 0. The molecule has 311 valence electrons. The predicted molar refractivity (Wildman–Crippen MR) is 201 cm³/mol. The number of nitrogens with zero attached hydrogens (tertiary/aromatic N) is 1. The Kier molecular flexibility index (Phi) is 14.0. The Bertz CT molecular complexity index is 2280. The van der Waals surface area contributed by atoms with Crippen LogP contribution in [0.3, 0.4) is 0 Å². The van der Waals surface area contributed by atoms with E-state index in [-0.39, 0.29) is 59.9 Å². The van der Waals surface area contributed by atoms with Crippen LogP contribution < -0.4 is 0 Å². The Morgan fingerprint density at radius 1 is 0.860 bits per heavy atom. The number of hydrogen-bond acceptors (Lipinski definition) is 4. The van der Waals surface area contributed by atoms with Crippen LogP contribution in [0.25, 0.3) is 42.6 Å². The Hall–Kier alpha value is -3.81. The summed E-state index contributed by atoms with van der Waals surface area (Å²) < 4.78 is 135. The number of hydrogen-bond donors (Lipinski definition) is 1. The van der Waals surface area contributed by atoms with Crippen molar-refractivity contribution in [2.45, 2.75) is 98.3 Å². The van der Waals surface area contributed by atoms with Crippen molar-refractivity contribution >= 4 is 38.0 Å². The standard InChI is InChI=1S/C34H29F7NS.C8H11F3O2.Ir/c1-17-12-18(2)26(19(3)13-17)29-20(4)27-25(32(35,33(36,37)38)34(39,40)41)16-42-28(30(27)43-29)22-14-21-10-8-9-11-23(21)24(15-22)31(5,6)7;1-5(2)3-6(12)4-7(13)8(9,10)11;/h8-13,15-16H,1-7H3;4-5,12H,3H2,1-2H3;/q-1;;/b;6-4-;. The van der Waals surface area contributed by atoms with Gasteiger partial charge in [0.2, 0.25) is 0 Å². The number of ketones is 1. The van der Waals surface area contributed by atoms with E-state index in [2.05, 4.69) is 11.1 Å². The van der Waals surface area contributed by atoms with Gasteiger partial charge in [-0.2, -0.15) is 39.5 Å². The van der Waals surface area contributed by atoms with Gasteiger partial charge >= 0.3 is 24.2 Å². The number of carbonyl (C=O) groups is 1. The fraction of sp³-hybridized carbons (Fsp3) is 0.381. The first-order chi connectivity index (χ1) is 25.5. The zero-order valence-corrected chi connectivity index (χ0v) is 35.5. The van der Waals surface area contributed by atoms with E-state index in [1.54, 1.807) is 13.8 Å². The van der Waals surface area contributed by atoms with Gasteiger partial charge in [0.1, 0.15) is 0 Å². The molecule has 2 aromatic heterocycles. The van der Waals surface area contributed by atoms with E-state index in [1.165, 1.54) is 6.92 Å². The molecule has 0 fully saturated rings. The van der Waals surface area contributed by atoms with Gasteiger partial charge in [-0.3, -0.25) is 9.78 Å². The zero-order chi connectivity index (χ0) is 42.5. The number of aliphatic hydroxyl groups excluding tert-OH is 1. The summed E-state index contributed by atoms with van der Waals surface area (Å²) in [6.07, 6.45) is -16.8. The van der Waals surface area contributed by atoms with Gasteiger partial charge in [0.15, 0.2) is 0 Å². The molecule has 0 saturated heterocycles. The predicted octanol–water partition coefficient (Wildman–Crippen LogP) is 14.0. The molecule has 2 heterocycles. The molecule has 5 aromatic rings. The van der Waals surface area contributed by atoms with E-state index in [4.69, 9.17) is 5.11 Å². The molecule has 0 aliphatic heterocycles. The molecular weight excluding hydrogens is 965 g/mol. The molecule has 57 heavy (non-hydrogen) atoms. The number of pyridine rings is 1. The Morgan fingerprint density at radius 3 is 1.89 bits per heavy atom. The monoisotopic (exact) mass is 1010 g/mol. The SMILES string of the molecule is CC(C)C/C(O)=C/C(=O)C(F)(F)F.Cc1cc(C)c(-c2sc3c(-c4[c-]c5ccccc5c(C(C)(C)C)c4)ncc(C(F)(C(F)(F)F)C(F)(F)F)c3c2C)c(C)c1.[Ir]. The maximum Gasteiger partial charge on any atom is 0.454 e. The summed E-state index contributed by atoms with van der Waals surface area (Å²) >= 11 is 1.02. The van der Waals surface area contributed by atoms with Crippen LogP contribution in [0.5, 0.6) is 0 Å². The van der Waals surface area contributed by atoms with Gasteiger partial charge in [0, 0.05) is 59.6 Å². The molecule has 1 radical (unpaired) electrons. The van der Waals surface area contributed by atoms with Gasteiger partial charge in [-0.15, -0.1) is 40.5 Å². The van der Waals surface area contributed by atoms with Gasteiger partial charge in [0.05, 0.1) is 5.76 Å². The minimum atomic E-state index is -6.28. The van der Waals surface area contributed by atoms with Crippen LogP contribution in [0.2, 0.25) is 0 Å². The fourth-order valence-corrected chi connectivity index (χ4v) is 8.15. The Balaban J connectivity index is 0.000000535. The second-order valence-electron chi connectivity index (χ2n) is 15.2. The van der Waals surface area contributed by atoms with Crippen molar-refractivity contribution in [2.24, 2.45) is 5.92 Å². The topological polar surface area (TPSA) is 50.2 Å². The second kappa shape index (κ2) is 16.8. The van der Waals surface area contributed by atoms with E-state index < -0.39 is 46.7 Å². The second-order valence-corrected chi connectivity index (χ2v) is 16.2. The molecule has 0 spiro atoms. The Labute approximate surface area is 341 Å². The molecular formula is C42H40F10IrNO2S-. The van der Waals surface area contributed by atoms with Crippen molar-refractivity contribution in [2.75, 3.05) is 0 Å². The smallest absolute Gasteiger partial charge is 0.454 e. The number of allylic oxidation sites excluding steroid dienone is 2. The molecule has 0 bridgehead atoms.